The molecule has 2 aliphatic heterocycles. The molecule has 0 bridgehead atoms. The van der Waals surface area contributed by atoms with Gasteiger partial charge in [0.1, 0.15) is 5.65 Å². The number of hydrogen-bond donors (Lipinski definition) is 1. The predicted molar refractivity (Wildman–Crippen MR) is 107 cm³/mol. The number of aryl methyl sites for hydroxylation is 1. The number of carbonyl (C=O) groups excluding carboxylic acids is 1. The number of pyridine rings is 1. The van der Waals surface area contributed by atoms with Gasteiger partial charge < -0.3 is 24.3 Å². The van der Waals surface area contributed by atoms with E-state index in [0.717, 1.165) is 46.2 Å². The quantitative estimate of drug-likeness (QED) is 0.729. The second-order valence-electron chi connectivity index (χ2n) is 7.04. The third kappa shape index (κ3) is 3.20. The summed E-state index contributed by atoms with van der Waals surface area (Å²) in [6.45, 7) is 5.81. The molecule has 146 valence electrons. The smallest absolute Gasteiger partial charge is 0.410 e. The van der Waals surface area contributed by atoms with Gasteiger partial charge in [-0.15, -0.1) is 11.3 Å². The molecule has 2 saturated heterocycles. The predicted octanol–water partition coefficient (Wildman–Crippen LogP) is 2.65. The van der Waals surface area contributed by atoms with Gasteiger partial charge in [0.25, 0.3) is 0 Å². The van der Waals surface area contributed by atoms with Crippen molar-refractivity contribution in [3.8, 4) is 11.4 Å². The summed E-state index contributed by atoms with van der Waals surface area (Å²) in [7, 11) is 0. The number of carbonyl (C=O) groups is 1. The SMILES string of the molecule is Cc1nc(-c2cc3c(N4CCN(C(=O)OC5COC5)CC4)ccnc3[nH]2)cs1. The van der Waals surface area contributed by atoms with Crippen LogP contribution >= 0.6 is 11.3 Å². The van der Waals surface area contributed by atoms with E-state index < -0.39 is 0 Å². The summed E-state index contributed by atoms with van der Waals surface area (Å²) in [5.74, 6) is 0. The van der Waals surface area contributed by atoms with Crippen LogP contribution in [-0.2, 0) is 9.47 Å². The fourth-order valence-corrected chi connectivity index (χ4v) is 4.16. The van der Waals surface area contributed by atoms with E-state index in [1.807, 2.05) is 19.2 Å². The first-order valence-corrected chi connectivity index (χ1v) is 10.2. The maximum atomic E-state index is 12.2. The van der Waals surface area contributed by atoms with Crippen LogP contribution in [-0.4, -0.2) is 71.4 Å². The molecule has 5 rings (SSSR count). The molecule has 0 aromatic carbocycles. The molecule has 0 unspecified atom stereocenters. The van der Waals surface area contributed by atoms with Gasteiger partial charge in [0.05, 0.1) is 29.6 Å². The average Bonchev–Trinajstić information content (AvgIpc) is 3.30. The number of aromatic nitrogens is 3. The highest BCUT2D eigenvalue weighted by Crippen LogP contribution is 2.31. The van der Waals surface area contributed by atoms with E-state index in [9.17, 15) is 4.79 Å². The lowest BCUT2D eigenvalue weighted by Gasteiger charge is -2.37. The van der Waals surface area contributed by atoms with Gasteiger partial charge in [-0.1, -0.05) is 0 Å². The molecule has 0 aliphatic carbocycles. The Balaban J connectivity index is 1.32. The molecule has 0 atom stereocenters. The number of hydrogen-bond acceptors (Lipinski definition) is 7. The van der Waals surface area contributed by atoms with Crippen LogP contribution in [0.25, 0.3) is 22.4 Å². The standard InChI is InChI=1S/C19H21N5O3S/c1-12-21-16(11-28-12)15-8-14-17(2-3-20-18(14)22-15)23-4-6-24(7-5-23)19(25)27-13-9-26-10-13/h2-3,8,11,13H,4-7,9-10H2,1H3,(H,20,22). The van der Waals surface area contributed by atoms with E-state index in [4.69, 9.17) is 9.47 Å². The zero-order valence-electron chi connectivity index (χ0n) is 15.6. The van der Waals surface area contributed by atoms with Crippen LogP contribution in [0.2, 0.25) is 0 Å². The fourth-order valence-electron chi connectivity index (χ4n) is 3.54. The molecule has 5 heterocycles. The molecule has 2 aliphatic rings. The number of amides is 1. The number of thiazole rings is 1. The lowest BCUT2D eigenvalue weighted by atomic mass is 10.2. The molecule has 0 spiro atoms. The maximum Gasteiger partial charge on any atom is 0.410 e. The van der Waals surface area contributed by atoms with Crippen molar-refractivity contribution in [2.45, 2.75) is 13.0 Å². The summed E-state index contributed by atoms with van der Waals surface area (Å²) in [6.07, 6.45) is 1.50. The highest BCUT2D eigenvalue weighted by molar-refractivity contribution is 7.09. The molecule has 8 nitrogen and oxygen atoms in total. The minimum absolute atomic E-state index is 0.0852. The van der Waals surface area contributed by atoms with Crippen molar-refractivity contribution < 1.29 is 14.3 Å². The zero-order valence-corrected chi connectivity index (χ0v) is 16.4. The van der Waals surface area contributed by atoms with Crippen LogP contribution < -0.4 is 4.90 Å². The number of nitrogens with one attached hydrogen (secondary N) is 1. The number of rotatable bonds is 3. The second kappa shape index (κ2) is 7.06. The number of ether oxygens (including phenoxy) is 2. The number of piperazine rings is 1. The van der Waals surface area contributed by atoms with Crippen molar-refractivity contribution in [3.05, 3.63) is 28.7 Å². The van der Waals surface area contributed by atoms with Gasteiger partial charge in [-0.2, -0.15) is 0 Å². The lowest BCUT2D eigenvalue weighted by Crippen LogP contribution is -2.51. The molecular weight excluding hydrogens is 378 g/mol. The van der Waals surface area contributed by atoms with Crippen molar-refractivity contribution in [1.82, 2.24) is 19.9 Å². The first-order chi connectivity index (χ1) is 13.7. The molecule has 3 aromatic rings. The van der Waals surface area contributed by atoms with Crippen molar-refractivity contribution in [3.63, 3.8) is 0 Å². The van der Waals surface area contributed by atoms with Crippen molar-refractivity contribution in [2.24, 2.45) is 0 Å². The highest BCUT2D eigenvalue weighted by Gasteiger charge is 2.28. The monoisotopic (exact) mass is 399 g/mol. The van der Waals surface area contributed by atoms with Crippen molar-refractivity contribution >= 4 is 34.2 Å². The van der Waals surface area contributed by atoms with Crippen molar-refractivity contribution in [1.29, 1.82) is 0 Å². The number of aromatic amines is 1. The minimum atomic E-state index is -0.240. The van der Waals surface area contributed by atoms with E-state index in [1.165, 1.54) is 0 Å². The second-order valence-corrected chi connectivity index (χ2v) is 8.11. The number of fused-ring (bicyclic) bond motifs is 1. The summed E-state index contributed by atoms with van der Waals surface area (Å²) < 4.78 is 10.5. The highest BCUT2D eigenvalue weighted by atomic mass is 32.1. The Bertz CT molecular complexity index is 1000. The average molecular weight is 399 g/mol. The molecule has 28 heavy (non-hydrogen) atoms. The molecule has 2 fully saturated rings. The van der Waals surface area contributed by atoms with Gasteiger partial charge in [-0.25, -0.2) is 14.8 Å². The van der Waals surface area contributed by atoms with Gasteiger partial charge in [0.15, 0.2) is 6.10 Å². The maximum absolute atomic E-state index is 12.2. The van der Waals surface area contributed by atoms with E-state index in [2.05, 4.69) is 31.3 Å². The van der Waals surface area contributed by atoms with Crippen LogP contribution in [0.4, 0.5) is 10.5 Å². The number of H-pyrrole nitrogens is 1. The summed E-state index contributed by atoms with van der Waals surface area (Å²) in [5, 5.41) is 4.17. The van der Waals surface area contributed by atoms with Gasteiger partial charge in [0, 0.05) is 48.8 Å². The first-order valence-electron chi connectivity index (χ1n) is 9.36. The Morgan fingerprint density at radius 2 is 2.14 bits per heavy atom. The Hall–Kier alpha value is -2.65. The Morgan fingerprint density at radius 3 is 2.82 bits per heavy atom. The van der Waals surface area contributed by atoms with E-state index >= 15 is 0 Å². The number of nitrogens with zero attached hydrogens (tertiary/aromatic N) is 4. The molecule has 0 saturated carbocycles. The molecule has 0 radical (unpaired) electrons. The van der Waals surface area contributed by atoms with Crippen LogP contribution in [0.5, 0.6) is 0 Å². The summed E-state index contributed by atoms with van der Waals surface area (Å²) in [5.41, 5.74) is 3.90. The van der Waals surface area contributed by atoms with Crippen LogP contribution in [0.15, 0.2) is 23.7 Å². The van der Waals surface area contributed by atoms with Gasteiger partial charge >= 0.3 is 6.09 Å². The third-order valence-corrected chi connectivity index (χ3v) is 5.93. The number of anilines is 1. The Morgan fingerprint density at radius 1 is 1.32 bits per heavy atom. The minimum Gasteiger partial charge on any atom is -0.441 e. The summed E-state index contributed by atoms with van der Waals surface area (Å²) in [4.78, 5) is 28.7. The Kier molecular flexibility index (Phi) is 4.40. The van der Waals surface area contributed by atoms with Gasteiger partial charge in [-0.3, -0.25) is 0 Å². The Labute approximate surface area is 166 Å². The van der Waals surface area contributed by atoms with Crippen LogP contribution in [0.1, 0.15) is 5.01 Å². The molecule has 9 heteroatoms. The third-order valence-electron chi connectivity index (χ3n) is 5.16. The summed E-state index contributed by atoms with van der Waals surface area (Å²) in [6, 6.07) is 4.15. The first kappa shape index (κ1) is 17.4. The van der Waals surface area contributed by atoms with Gasteiger partial charge in [-0.05, 0) is 19.1 Å². The van der Waals surface area contributed by atoms with Crippen molar-refractivity contribution in [2.75, 3.05) is 44.3 Å². The van der Waals surface area contributed by atoms with E-state index in [1.54, 1.807) is 16.2 Å². The molecule has 3 aromatic heterocycles. The van der Waals surface area contributed by atoms with E-state index in [0.29, 0.717) is 26.3 Å². The van der Waals surface area contributed by atoms with E-state index in [-0.39, 0.29) is 12.2 Å². The largest absolute Gasteiger partial charge is 0.441 e. The molecular formula is C19H21N5O3S. The van der Waals surface area contributed by atoms with Crippen LogP contribution in [0, 0.1) is 6.92 Å². The summed E-state index contributed by atoms with van der Waals surface area (Å²) >= 11 is 1.64. The van der Waals surface area contributed by atoms with Gasteiger partial charge in [0.2, 0.25) is 0 Å². The topological polar surface area (TPSA) is 83.6 Å². The lowest BCUT2D eigenvalue weighted by molar-refractivity contribution is -0.104. The zero-order chi connectivity index (χ0) is 19.1. The molecule has 1 amide bonds. The normalized spacial score (nSPS) is 17.8. The fraction of sp³-hybridized carbons (Fsp3) is 0.421. The molecule has 1 N–H and O–H groups in total. The van der Waals surface area contributed by atoms with Crippen LogP contribution in [0.3, 0.4) is 0 Å².